The summed E-state index contributed by atoms with van der Waals surface area (Å²) >= 11 is 0. The summed E-state index contributed by atoms with van der Waals surface area (Å²) in [6.07, 6.45) is 8.18. The molecule has 0 radical (unpaired) electrons. The van der Waals surface area contributed by atoms with Gasteiger partial charge in [-0.1, -0.05) is 24.6 Å². The summed E-state index contributed by atoms with van der Waals surface area (Å²) in [5, 5.41) is 0. The Balaban J connectivity index is 1.74. The Hall–Kier alpha value is -1.66. The van der Waals surface area contributed by atoms with Gasteiger partial charge in [0, 0.05) is 12.1 Å². The van der Waals surface area contributed by atoms with Crippen molar-refractivity contribution >= 4 is 16.5 Å². The molecule has 2 aliphatic carbocycles. The van der Waals surface area contributed by atoms with Crippen molar-refractivity contribution in [2.24, 2.45) is 9.81 Å². The van der Waals surface area contributed by atoms with Crippen molar-refractivity contribution in [3.05, 3.63) is 40.5 Å². The van der Waals surface area contributed by atoms with E-state index in [4.69, 9.17) is 4.18 Å². The number of allylic oxidation sites excluding steroid dienone is 1. The fourth-order valence-electron chi connectivity index (χ4n) is 4.71. The second-order valence-electron chi connectivity index (χ2n) is 7.79. The van der Waals surface area contributed by atoms with Crippen LogP contribution in [0.1, 0.15) is 48.8 Å². The van der Waals surface area contributed by atoms with Gasteiger partial charge in [0.15, 0.2) is 5.75 Å². The SMILES string of the molecule is CN(C)C/C=C1\CC[C@H]2c3ccc4c(c3CC[C@]12C)C=NS(=O)(=O)O4. The molecule has 0 unspecified atom stereocenters. The van der Waals surface area contributed by atoms with E-state index in [1.807, 2.05) is 0 Å². The van der Waals surface area contributed by atoms with Crippen molar-refractivity contribution in [2.45, 2.75) is 38.5 Å². The summed E-state index contributed by atoms with van der Waals surface area (Å²) in [4.78, 5) is 2.20. The average Bonchev–Trinajstić information content (AvgIpc) is 2.88. The number of hydrogen-bond acceptors (Lipinski definition) is 4. The molecular formula is C19H24N2O3S. The number of nitrogens with zero attached hydrogens (tertiary/aromatic N) is 2. The molecule has 1 heterocycles. The Bertz CT molecular complexity index is 886. The Kier molecular flexibility index (Phi) is 3.81. The van der Waals surface area contributed by atoms with E-state index in [-0.39, 0.29) is 5.41 Å². The molecule has 0 spiro atoms. The van der Waals surface area contributed by atoms with Crippen molar-refractivity contribution < 1.29 is 12.6 Å². The van der Waals surface area contributed by atoms with Gasteiger partial charge in [0.05, 0.1) is 6.21 Å². The van der Waals surface area contributed by atoms with E-state index in [2.05, 4.69) is 42.5 Å². The maximum absolute atomic E-state index is 11.6. The van der Waals surface area contributed by atoms with Crippen LogP contribution < -0.4 is 4.18 Å². The zero-order valence-corrected chi connectivity index (χ0v) is 15.8. The summed E-state index contributed by atoms with van der Waals surface area (Å²) in [6.45, 7) is 3.37. The molecule has 2 atom stereocenters. The van der Waals surface area contributed by atoms with E-state index in [1.54, 1.807) is 11.6 Å². The van der Waals surface area contributed by atoms with Gasteiger partial charge in [0.25, 0.3) is 0 Å². The van der Waals surface area contributed by atoms with Crippen molar-refractivity contribution in [1.82, 2.24) is 4.90 Å². The average molecular weight is 360 g/mol. The second kappa shape index (κ2) is 5.68. The molecule has 6 heteroatoms. The molecule has 1 fully saturated rings. The Morgan fingerprint density at radius 3 is 2.92 bits per heavy atom. The third-order valence-corrected chi connectivity index (χ3v) is 6.79. The summed E-state index contributed by atoms with van der Waals surface area (Å²) < 4.78 is 31.8. The molecule has 0 aromatic heterocycles. The topological polar surface area (TPSA) is 59.0 Å². The molecule has 3 aliphatic rings. The lowest BCUT2D eigenvalue weighted by molar-refractivity contribution is 0.303. The van der Waals surface area contributed by atoms with Gasteiger partial charge in [-0.3, -0.25) is 0 Å². The van der Waals surface area contributed by atoms with Crippen LogP contribution in [0.3, 0.4) is 0 Å². The molecule has 5 nitrogen and oxygen atoms in total. The standard InChI is InChI=1S/C19H24N2O3S/c1-19-10-8-14-15(17(19)6-4-13(19)9-11-21(2)3)5-7-18-16(14)12-20-25(22,23)24-18/h5,7,9,12,17H,4,6,8,10-11H2,1-3H3/b13-9+/t17-,19+/m0/s1. The van der Waals surface area contributed by atoms with Gasteiger partial charge >= 0.3 is 10.3 Å². The fourth-order valence-corrected chi connectivity index (χ4v) is 5.36. The van der Waals surface area contributed by atoms with Crippen LogP contribution in [0.4, 0.5) is 0 Å². The number of fused-ring (bicyclic) bond motifs is 5. The minimum absolute atomic E-state index is 0.204. The summed E-state index contributed by atoms with van der Waals surface area (Å²) in [6, 6.07) is 3.87. The van der Waals surface area contributed by atoms with E-state index in [0.717, 1.165) is 37.8 Å². The Labute approximate surface area is 149 Å². The molecule has 1 aliphatic heterocycles. The summed E-state index contributed by atoms with van der Waals surface area (Å²) in [7, 11) is 0.377. The van der Waals surface area contributed by atoms with Gasteiger partial charge < -0.3 is 9.08 Å². The molecule has 0 N–H and O–H groups in total. The monoisotopic (exact) mass is 360 g/mol. The van der Waals surface area contributed by atoms with Crippen molar-refractivity contribution in [3.8, 4) is 5.75 Å². The van der Waals surface area contributed by atoms with Gasteiger partial charge in [-0.25, -0.2) is 0 Å². The first-order valence-corrected chi connectivity index (χ1v) is 10.2. The van der Waals surface area contributed by atoms with Crippen LogP contribution in [-0.4, -0.2) is 40.2 Å². The smallest absolute Gasteiger partial charge is 0.365 e. The van der Waals surface area contributed by atoms with E-state index in [1.165, 1.54) is 17.3 Å². The van der Waals surface area contributed by atoms with Gasteiger partial charge in [0.2, 0.25) is 0 Å². The minimum atomic E-state index is -3.82. The molecule has 1 aromatic rings. The molecule has 134 valence electrons. The highest BCUT2D eigenvalue weighted by Crippen LogP contribution is 2.59. The van der Waals surface area contributed by atoms with Crippen molar-refractivity contribution in [2.75, 3.05) is 20.6 Å². The van der Waals surface area contributed by atoms with Crippen LogP contribution >= 0.6 is 0 Å². The summed E-state index contributed by atoms with van der Waals surface area (Å²) in [5.41, 5.74) is 5.18. The molecule has 4 rings (SSSR count). The van der Waals surface area contributed by atoms with Crippen LogP contribution in [0.25, 0.3) is 0 Å². The first-order chi connectivity index (χ1) is 11.8. The molecule has 0 saturated heterocycles. The number of rotatable bonds is 2. The number of benzene rings is 1. The van der Waals surface area contributed by atoms with Crippen molar-refractivity contribution in [1.29, 1.82) is 0 Å². The summed E-state index contributed by atoms with van der Waals surface area (Å²) in [5.74, 6) is 0.903. The van der Waals surface area contributed by atoms with E-state index >= 15 is 0 Å². The van der Waals surface area contributed by atoms with Crippen LogP contribution in [-0.2, 0) is 16.7 Å². The number of hydrogen-bond donors (Lipinski definition) is 0. The van der Waals surface area contributed by atoms with Gasteiger partial charge in [-0.15, -0.1) is 4.40 Å². The molecule has 1 saturated carbocycles. The fraction of sp³-hybridized carbons (Fsp3) is 0.526. The van der Waals surface area contributed by atoms with Gasteiger partial charge in [-0.2, -0.15) is 8.42 Å². The van der Waals surface area contributed by atoms with Crippen LogP contribution in [0, 0.1) is 5.41 Å². The molecule has 1 aromatic carbocycles. The lowest BCUT2D eigenvalue weighted by Gasteiger charge is -2.40. The van der Waals surface area contributed by atoms with E-state index in [9.17, 15) is 8.42 Å². The minimum Gasteiger partial charge on any atom is -0.365 e. The maximum Gasteiger partial charge on any atom is 0.428 e. The van der Waals surface area contributed by atoms with E-state index < -0.39 is 10.3 Å². The van der Waals surface area contributed by atoms with Gasteiger partial charge in [-0.05, 0) is 68.3 Å². The van der Waals surface area contributed by atoms with Gasteiger partial charge in [0.1, 0.15) is 0 Å². The highest BCUT2D eigenvalue weighted by molar-refractivity contribution is 7.86. The largest absolute Gasteiger partial charge is 0.428 e. The Morgan fingerprint density at radius 2 is 2.16 bits per heavy atom. The highest BCUT2D eigenvalue weighted by atomic mass is 32.2. The van der Waals surface area contributed by atoms with Crippen molar-refractivity contribution in [3.63, 3.8) is 0 Å². The van der Waals surface area contributed by atoms with E-state index in [0.29, 0.717) is 11.7 Å². The zero-order chi connectivity index (χ0) is 17.8. The quantitative estimate of drug-likeness (QED) is 0.761. The van der Waals surface area contributed by atoms with Crippen LogP contribution in [0.2, 0.25) is 0 Å². The molecular weight excluding hydrogens is 336 g/mol. The third kappa shape index (κ3) is 2.72. The second-order valence-corrected chi connectivity index (χ2v) is 9.02. The van der Waals surface area contributed by atoms with Crippen LogP contribution in [0.5, 0.6) is 5.75 Å². The highest BCUT2D eigenvalue weighted by Gasteiger charge is 2.46. The number of likely N-dealkylation sites (N-methyl/N-ethyl adjacent to an activating group) is 1. The third-order valence-electron chi connectivity index (χ3n) is 6.04. The predicted molar refractivity (Wildman–Crippen MR) is 98.6 cm³/mol. The normalized spacial score (nSPS) is 30.7. The Morgan fingerprint density at radius 1 is 1.36 bits per heavy atom. The zero-order valence-electron chi connectivity index (χ0n) is 14.9. The lowest BCUT2D eigenvalue weighted by Crippen LogP contribution is -2.30. The lowest BCUT2D eigenvalue weighted by atomic mass is 9.64. The molecule has 0 amide bonds. The molecule has 25 heavy (non-hydrogen) atoms. The van der Waals surface area contributed by atoms with Crippen LogP contribution in [0.15, 0.2) is 28.2 Å². The molecule has 0 bridgehead atoms. The predicted octanol–water partition coefficient (Wildman–Crippen LogP) is 3.06. The first-order valence-electron chi connectivity index (χ1n) is 8.80. The first kappa shape index (κ1) is 16.8. The maximum atomic E-state index is 11.6.